The summed E-state index contributed by atoms with van der Waals surface area (Å²) in [6, 6.07) is 1.66. The number of alkyl halides is 3. The first-order valence-electron chi connectivity index (χ1n) is 3.58. The number of carboxylic acids is 1. The van der Waals surface area contributed by atoms with E-state index in [0.29, 0.717) is 11.6 Å². The molecule has 0 saturated carbocycles. The Hall–Kier alpha value is -1.86. The molecule has 0 aliphatic heterocycles. The topological polar surface area (TPSA) is 89.1 Å². The molecular formula is C7H8F3N3O2. The van der Waals surface area contributed by atoms with Gasteiger partial charge < -0.3 is 10.8 Å². The van der Waals surface area contributed by atoms with E-state index in [0.717, 1.165) is 0 Å². The summed E-state index contributed by atoms with van der Waals surface area (Å²) in [6.45, 7) is 1.80. The van der Waals surface area contributed by atoms with Crippen LogP contribution in [0.4, 0.5) is 19.0 Å². The molecule has 0 amide bonds. The Morgan fingerprint density at radius 3 is 2.20 bits per heavy atom. The van der Waals surface area contributed by atoms with Crippen LogP contribution in [0.1, 0.15) is 5.82 Å². The molecule has 84 valence electrons. The molecule has 1 aromatic rings. The van der Waals surface area contributed by atoms with Crippen LogP contribution in [0.2, 0.25) is 0 Å². The van der Waals surface area contributed by atoms with Gasteiger partial charge in [0.15, 0.2) is 0 Å². The standard InChI is InChI=1S/C5H7N3.C2HF3O2/c1-4-7-3-2-5(6)8-4;3-2(4,5)1(6)7/h2-3H,1H3,(H2,6,7,8);(H,6,7). The van der Waals surface area contributed by atoms with Crippen LogP contribution in [0.25, 0.3) is 0 Å². The Morgan fingerprint density at radius 1 is 1.53 bits per heavy atom. The highest BCUT2D eigenvalue weighted by Gasteiger charge is 2.38. The number of hydrogen-bond donors (Lipinski definition) is 2. The SMILES string of the molecule is Cc1nccc(N)n1.O=C(O)C(F)(F)F. The molecular weight excluding hydrogens is 215 g/mol. The van der Waals surface area contributed by atoms with E-state index in [1.54, 1.807) is 19.2 Å². The van der Waals surface area contributed by atoms with Crippen LogP contribution in [-0.4, -0.2) is 27.2 Å². The number of nitrogen functional groups attached to an aromatic ring is 1. The van der Waals surface area contributed by atoms with Gasteiger partial charge in [-0.2, -0.15) is 13.2 Å². The van der Waals surface area contributed by atoms with Crippen LogP contribution in [-0.2, 0) is 4.79 Å². The van der Waals surface area contributed by atoms with Gasteiger partial charge in [0.1, 0.15) is 11.6 Å². The number of hydrogen-bond acceptors (Lipinski definition) is 4. The van der Waals surface area contributed by atoms with Crippen molar-refractivity contribution in [3.05, 3.63) is 18.1 Å². The number of rotatable bonds is 0. The number of nitrogens with two attached hydrogens (primary N) is 1. The molecule has 0 spiro atoms. The molecule has 1 rings (SSSR count). The summed E-state index contributed by atoms with van der Waals surface area (Å²) in [5.41, 5.74) is 5.31. The fourth-order valence-electron chi connectivity index (χ4n) is 0.474. The van der Waals surface area contributed by atoms with Gasteiger partial charge in [0.05, 0.1) is 0 Å². The van der Waals surface area contributed by atoms with Crippen LogP contribution in [0.3, 0.4) is 0 Å². The van der Waals surface area contributed by atoms with E-state index in [9.17, 15) is 13.2 Å². The maximum atomic E-state index is 10.6. The second-order valence-electron chi connectivity index (χ2n) is 2.33. The third-order valence-electron chi connectivity index (χ3n) is 1.04. The summed E-state index contributed by atoms with van der Waals surface area (Å²) in [5.74, 6) is -1.52. The monoisotopic (exact) mass is 223 g/mol. The Balaban J connectivity index is 0.000000265. The van der Waals surface area contributed by atoms with Gasteiger partial charge >= 0.3 is 12.1 Å². The summed E-state index contributed by atoms with van der Waals surface area (Å²) in [6.07, 6.45) is -3.45. The number of anilines is 1. The highest BCUT2D eigenvalue weighted by atomic mass is 19.4. The van der Waals surface area contributed by atoms with E-state index in [2.05, 4.69) is 9.97 Å². The maximum absolute atomic E-state index is 10.6. The molecule has 0 bridgehead atoms. The van der Waals surface area contributed by atoms with Crippen LogP contribution >= 0.6 is 0 Å². The van der Waals surface area contributed by atoms with Gasteiger partial charge in [0, 0.05) is 6.20 Å². The quantitative estimate of drug-likeness (QED) is 0.684. The predicted octanol–water partition coefficient (Wildman–Crippen LogP) is 1.00. The van der Waals surface area contributed by atoms with Gasteiger partial charge in [0.2, 0.25) is 0 Å². The van der Waals surface area contributed by atoms with Crippen molar-refractivity contribution in [1.82, 2.24) is 9.97 Å². The molecule has 0 fully saturated rings. The van der Waals surface area contributed by atoms with Crippen molar-refractivity contribution < 1.29 is 23.1 Å². The Kier molecular flexibility index (Phi) is 4.49. The minimum absolute atomic E-state index is 0.525. The van der Waals surface area contributed by atoms with Crippen molar-refractivity contribution in [3.8, 4) is 0 Å². The Bertz CT molecular complexity index is 323. The first kappa shape index (κ1) is 13.1. The lowest BCUT2D eigenvalue weighted by molar-refractivity contribution is -0.192. The van der Waals surface area contributed by atoms with Gasteiger partial charge in [-0.15, -0.1) is 0 Å². The maximum Gasteiger partial charge on any atom is 0.490 e. The first-order valence-corrected chi connectivity index (χ1v) is 3.58. The number of aryl methyl sites for hydroxylation is 1. The van der Waals surface area contributed by atoms with E-state index in [1.165, 1.54) is 0 Å². The summed E-state index contributed by atoms with van der Waals surface area (Å²) < 4.78 is 31.7. The third kappa shape index (κ3) is 6.24. The lowest BCUT2D eigenvalue weighted by Crippen LogP contribution is -2.21. The van der Waals surface area contributed by atoms with E-state index >= 15 is 0 Å². The lowest BCUT2D eigenvalue weighted by Gasteiger charge is -1.93. The van der Waals surface area contributed by atoms with E-state index < -0.39 is 12.1 Å². The van der Waals surface area contributed by atoms with Crippen molar-refractivity contribution in [2.75, 3.05) is 5.73 Å². The van der Waals surface area contributed by atoms with Crippen LogP contribution in [0.15, 0.2) is 12.3 Å². The average molecular weight is 223 g/mol. The molecule has 15 heavy (non-hydrogen) atoms. The molecule has 5 nitrogen and oxygen atoms in total. The first-order chi connectivity index (χ1) is 6.73. The zero-order chi connectivity index (χ0) is 12.1. The van der Waals surface area contributed by atoms with E-state index in [-0.39, 0.29) is 0 Å². The fourth-order valence-corrected chi connectivity index (χ4v) is 0.474. The van der Waals surface area contributed by atoms with E-state index in [1.807, 2.05) is 0 Å². The average Bonchev–Trinajstić information content (AvgIpc) is 2.02. The summed E-state index contributed by atoms with van der Waals surface area (Å²) in [4.78, 5) is 16.6. The Labute approximate surface area is 82.8 Å². The van der Waals surface area contributed by atoms with Crippen LogP contribution in [0, 0.1) is 6.92 Å². The molecule has 0 atom stereocenters. The minimum Gasteiger partial charge on any atom is -0.475 e. The molecule has 0 aromatic carbocycles. The molecule has 0 radical (unpaired) electrons. The molecule has 0 aliphatic carbocycles. The normalized spacial score (nSPS) is 10.1. The molecule has 0 saturated heterocycles. The molecule has 0 aliphatic rings. The number of halogens is 3. The molecule has 8 heteroatoms. The Morgan fingerprint density at radius 2 is 2.00 bits per heavy atom. The molecule has 1 heterocycles. The zero-order valence-corrected chi connectivity index (χ0v) is 7.62. The van der Waals surface area contributed by atoms with Crippen molar-refractivity contribution in [2.24, 2.45) is 0 Å². The van der Waals surface area contributed by atoms with Gasteiger partial charge in [-0.25, -0.2) is 14.8 Å². The summed E-state index contributed by atoms with van der Waals surface area (Å²) >= 11 is 0. The lowest BCUT2D eigenvalue weighted by atomic mass is 10.6. The number of aliphatic carboxylic acids is 1. The molecule has 3 N–H and O–H groups in total. The second-order valence-corrected chi connectivity index (χ2v) is 2.33. The van der Waals surface area contributed by atoms with Gasteiger partial charge in [0.25, 0.3) is 0 Å². The van der Waals surface area contributed by atoms with E-state index in [4.69, 9.17) is 15.6 Å². The van der Waals surface area contributed by atoms with Crippen molar-refractivity contribution in [2.45, 2.75) is 13.1 Å². The van der Waals surface area contributed by atoms with Crippen molar-refractivity contribution in [3.63, 3.8) is 0 Å². The van der Waals surface area contributed by atoms with Crippen molar-refractivity contribution in [1.29, 1.82) is 0 Å². The van der Waals surface area contributed by atoms with Crippen molar-refractivity contribution >= 4 is 11.8 Å². The predicted molar refractivity (Wildman–Crippen MR) is 44.9 cm³/mol. The van der Waals surface area contributed by atoms with Crippen LogP contribution in [0.5, 0.6) is 0 Å². The largest absolute Gasteiger partial charge is 0.490 e. The number of nitrogens with zero attached hydrogens (tertiary/aromatic N) is 2. The highest BCUT2D eigenvalue weighted by Crippen LogP contribution is 2.13. The number of carboxylic acid groups (broad SMARTS) is 1. The summed E-state index contributed by atoms with van der Waals surface area (Å²) in [7, 11) is 0. The van der Waals surface area contributed by atoms with Gasteiger partial charge in [-0.1, -0.05) is 0 Å². The van der Waals surface area contributed by atoms with Gasteiger partial charge in [-0.05, 0) is 13.0 Å². The third-order valence-corrected chi connectivity index (χ3v) is 1.04. The number of carbonyl (C=O) groups is 1. The smallest absolute Gasteiger partial charge is 0.475 e. The second kappa shape index (κ2) is 5.13. The molecule has 1 aromatic heterocycles. The zero-order valence-electron chi connectivity index (χ0n) is 7.62. The highest BCUT2D eigenvalue weighted by molar-refractivity contribution is 5.73. The fraction of sp³-hybridized carbons (Fsp3) is 0.286. The number of aromatic nitrogens is 2. The summed E-state index contributed by atoms with van der Waals surface area (Å²) in [5, 5.41) is 7.12. The molecule has 0 unspecified atom stereocenters. The minimum atomic E-state index is -5.08. The van der Waals surface area contributed by atoms with Gasteiger partial charge in [-0.3, -0.25) is 0 Å². The van der Waals surface area contributed by atoms with Crippen LogP contribution < -0.4 is 5.73 Å².